The minimum Gasteiger partial charge on any atom is -0.377 e. The summed E-state index contributed by atoms with van der Waals surface area (Å²) in [5.41, 5.74) is 0. The molecule has 3 heteroatoms. The minimum absolute atomic E-state index is 0.473. The molecule has 0 bridgehead atoms. The van der Waals surface area contributed by atoms with Gasteiger partial charge in [-0.2, -0.15) is 0 Å². The summed E-state index contributed by atoms with van der Waals surface area (Å²) >= 11 is 0. The van der Waals surface area contributed by atoms with Crippen LogP contribution in [0.1, 0.15) is 58.8 Å². The predicted octanol–water partition coefficient (Wildman–Crippen LogP) is 3.05. The topological polar surface area (TPSA) is 24.5 Å². The first-order chi connectivity index (χ1) is 9.22. The first kappa shape index (κ1) is 16.9. The molecule has 114 valence electrons. The lowest BCUT2D eigenvalue weighted by atomic mass is 10.1. The summed E-state index contributed by atoms with van der Waals surface area (Å²) in [5.74, 6) is 0. The number of likely N-dealkylation sites (N-methyl/N-ethyl adjacent to an activating group) is 1. The van der Waals surface area contributed by atoms with Crippen LogP contribution in [0.3, 0.4) is 0 Å². The largest absolute Gasteiger partial charge is 0.377 e. The van der Waals surface area contributed by atoms with E-state index >= 15 is 0 Å². The van der Waals surface area contributed by atoms with E-state index < -0.39 is 0 Å². The third-order valence-corrected chi connectivity index (χ3v) is 4.02. The van der Waals surface area contributed by atoms with E-state index in [1.807, 2.05) is 0 Å². The van der Waals surface area contributed by atoms with Crippen LogP contribution in [-0.4, -0.2) is 50.3 Å². The van der Waals surface area contributed by atoms with Crippen molar-refractivity contribution in [1.29, 1.82) is 0 Å². The van der Waals surface area contributed by atoms with Crippen LogP contribution in [0.25, 0.3) is 0 Å². The summed E-state index contributed by atoms with van der Waals surface area (Å²) < 4.78 is 5.78. The van der Waals surface area contributed by atoms with E-state index in [1.54, 1.807) is 0 Å². The molecule has 1 heterocycles. The highest BCUT2D eigenvalue weighted by Crippen LogP contribution is 2.13. The van der Waals surface area contributed by atoms with Crippen LogP contribution in [0.15, 0.2) is 0 Å². The highest BCUT2D eigenvalue weighted by molar-refractivity contribution is 4.69. The van der Waals surface area contributed by atoms with Crippen molar-refractivity contribution in [2.75, 3.05) is 33.3 Å². The van der Waals surface area contributed by atoms with E-state index in [0.29, 0.717) is 12.1 Å². The molecule has 0 aromatic rings. The Morgan fingerprint density at radius 3 is 2.84 bits per heavy atom. The number of rotatable bonds is 10. The second kappa shape index (κ2) is 10.6. The molecular weight excluding hydrogens is 236 g/mol. The molecule has 1 saturated heterocycles. The van der Waals surface area contributed by atoms with Crippen LogP contribution < -0.4 is 5.32 Å². The fraction of sp³-hybridized carbons (Fsp3) is 1.00. The molecule has 1 fully saturated rings. The van der Waals surface area contributed by atoms with E-state index in [9.17, 15) is 0 Å². The highest BCUT2D eigenvalue weighted by atomic mass is 16.5. The molecule has 1 aliphatic rings. The molecule has 0 saturated carbocycles. The van der Waals surface area contributed by atoms with Crippen molar-refractivity contribution < 1.29 is 4.74 Å². The van der Waals surface area contributed by atoms with Crippen molar-refractivity contribution in [3.8, 4) is 0 Å². The zero-order valence-electron chi connectivity index (χ0n) is 13.3. The van der Waals surface area contributed by atoms with E-state index in [-0.39, 0.29) is 0 Å². The molecule has 2 unspecified atom stereocenters. The molecule has 1 aliphatic heterocycles. The number of hydrogen-bond donors (Lipinski definition) is 1. The third-order valence-electron chi connectivity index (χ3n) is 4.02. The predicted molar refractivity (Wildman–Crippen MR) is 82.7 cm³/mol. The van der Waals surface area contributed by atoms with Crippen LogP contribution >= 0.6 is 0 Å². The molecule has 0 aromatic carbocycles. The van der Waals surface area contributed by atoms with Crippen LogP contribution in [0.5, 0.6) is 0 Å². The van der Waals surface area contributed by atoms with Crippen LogP contribution in [0.4, 0.5) is 0 Å². The summed E-state index contributed by atoms with van der Waals surface area (Å²) in [7, 11) is 2.21. The van der Waals surface area contributed by atoms with E-state index in [1.165, 1.54) is 44.9 Å². The Morgan fingerprint density at radius 2 is 2.16 bits per heavy atom. The third kappa shape index (κ3) is 8.61. The summed E-state index contributed by atoms with van der Waals surface area (Å²) in [4.78, 5) is 2.40. The maximum absolute atomic E-state index is 5.78. The normalized spacial score (nSPS) is 21.8. The molecule has 0 amide bonds. The Balaban J connectivity index is 1.98. The van der Waals surface area contributed by atoms with Crippen LogP contribution in [0, 0.1) is 0 Å². The minimum atomic E-state index is 0.473. The summed E-state index contributed by atoms with van der Waals surface area (Å²) in [5, 5.41) is 3.63. The zero-order valence-corrected chi connectivity index (χ0v) is 13.3. The number of nitrogens with one attached hydrogen (secondary N) is 1. The van der Waals surface area contributed by atoms with Crippen molar-refractivity contribution in [2.24, 2.45) is 0 Å². The van der Waals surface area contributed by atoms with E-state index in [0.717, 1.165) is 26.2 Å². The number of unbranched alkanes of at least 4 members (excludes halogenated alkanes) is 2. The van der Waals surface area contributed by atoms with E-state index in [2.05, 4.69) is 31.1 Å². The average Bonchev–Trinajstić information content (AvgIpc) is 2.40. The van der Waals surface area contributed by atoms with Gasteiger partial charge in [-0.05, 0) is 39.7 Å². The van der Waals surface area contributed by atoms with Crippen molar-refractivity contribution >= 4 is 0 Å². The van der Waals surface area contributed by atoms with Crippen molar-refractivity contribution in [3.63, 3.8) is 0 Å². The quantitative estimate of drug-likeness (QED) is 0.618. The van der Waals surface area contributed by atoms with Gasteiger partial charge in [0.05, 0.1) is 6.10 Å². The second-order valence-corrected chi connectivity index (χ2v) is 6.10. The number of hydrogen-bond acceptors (Lipinski definition) is 3. The van der Waals surface area contributed by atoms with Crippen LogP contribution in [0.2, 0.25) is 0 Å². The Bertz CT molecular complexity index is 205. The van der Waals surface area contributed by atoms with Gasteiger partial charge >= 0.3 is 0 Å². The average molecular weight is 270 g/mol. The summed E-state index contributed by atoms with van der Waals surface area (Å²) in [6.07, 6.45) is 9.65. The molecule has 3 nitrogen and oxygen atoms in total. The Hall–Kier alpha value is -0.120. The van der Waals surface area contributed by atoms with Gasteiger partial charge < -0.3 is 15.0 Å². The fourth-order valence-electron chi connectivity index (χ4n) is 2.69. The molecular formula is C16H34N2O. The molecule has 2 atom stereocenters. The van der Waals surface area contributed by atoms with Gasteiger partial charge in [-0.15, -0.1) is 0 Å². The SMILES string of the molecule is CCCCCC(C)NCCN(C)CC1CCCCO1. The van der Waals surface area contributed by atoms with Crippen molar-refractivity contribution in [1.82, 2.24) is 10.2 Å². The van der Waals surface area contributed by atoms with Gasteiger partial charge in [-0.25, -0.2) is 0 Å². The Kier molecular flexibility index (Phi) is 9.48. The molecule has 0 spiro atoms. The van der Waals surface area contributed by atoms with Gasteiger partial charge in [-0.3, -0.25) is 0 Å². The number of nitrogens with zero attached hydrogens (tertiary/aromatic N) is 1. The highest BCUT2D eigenvalue weighted by Gasteiger charge is 2.15. The first-order valence-corrected chi connectivity index (χ1v) is 8.26. The van der Waals surface area contributed by atoms with Crippen LogP contribution in [-0.2, 0) is 4.74 Å². The molecule has 1 rings (SSSR count). The second-order valence-electron chi connectivity index (χ2n) is 6.10. The Labute approximate surface area is 120 Å². The van der Waals surface area contributed by atoms with Gasteiger partial charge in [0.2, 0.25) is 0 Å². The number of ether oxygens (including phenoxy) is 1. The first-order valence-electron chi connectivity index (χ1n) is 8.26. The van der Waals surface area contributed by atoms with Gasteiger partial charge in [-0.1, -0.05) is 26.2 Å². The maximum atomic E-state index is 5.78. The van der Waals surface area contributed by atoms with Gasteiger partial charge in [0.15, 0.2) is 0 Å². The lowest BCUT2D eigenvalue weighted by Gasteiger charge is -2.27. The Morgan fingerprint density at radius 1 is 1.32 bits per heavy atom. The summed E-state index contributed by atoms with van der Waals surface area (Å²) in [6, 6.07) is 0.658. The lowest BCUT2D eigenvalue weighted by molar-refractivity contribution is -0.00128. The standard InChI is InChI=1S/C16H34N2O/c1-4-5-6-9-15(2)17-11-12-18(3)14-16-10-7-8-13-19-16/h15-17H,4-14H2,1-3H3. The fourth-order valence-corrected chi connectivity index (χ4v) is 2.69. The van der Waals surface area contributed by atoms with Gasteiger partial charge in [0, 0.05) is 32.3 Å². The molecule has 0 radical (unpaired) electrons. The van der Waals surface area contributed by atoms with Gasteiger partial charge in [0.25, 0.3) is 0 Å². The smallest absolute Gasteiger partial charge is 0.0701 e. The monoisotopic (exact) mass is 270 g/mol. The van der Waals surface area contributed by atoms with E-state index in [4.69, 9.17) is 4.74 Å². The maximum Gasteiger partial charge on any atom is 0.0701 e. The van der Waals surface area contributed by atoms with Crippen molar-refractivity contribution in [2.45, 2.75) is 70.9 Å². The van der Waals surface area contributed by atoms with Gasteiger partial charge in [0.1, 0.15) is 0 Å². The summed E-state index contributed by atoms with van der Waals surface area (Å²) in [6.45, 7) is 8.84. The van der Waals surface area contributed by atoms with Crippen molar-refractivity contribution in [3.05, 3.63) is 0 Å². The molecule has 19 heavy (non-hydrogen) atoms. The molecule has 0 aliphatic carbocycles. The molecule has 1 N–H and O–H groups in total. The lowest BCUT2D eigenvalue weighted by Crippen LogP contribution is -2.39. The molecule has 0 aromatic heterocycles. The zero-order chi connectivity index (χ0) is 13.9.